The summed E-state index contributed by atoms with van der Waals surface area (Å²) < 4.78 is 20.4. The van der Waals surface area contributed by atoms with Gasteiger partial charge in [0.25, 0.3) is 0 Å². The molecule has 3 aromatic rings. The Kier molecular flexibility index (Phi) is 4.80. The molecule has 156 valence electrons. The Labute approximate surface area is 172 Å². The third kappa shape index (κ3) is 3.37. The first kappa shape index (κ1) is 18.9. The van der Waals surface area contributed by atoms with Crippen LogP contribution in [0, 0.1) is 0 Å². The Morgan fingerprint density at radius 2 is 2.10 bits per heavy atom. The second-order valence-electron chi connectivity index (χ2n) is 7.73. The van der Waals surface area contributed by atoms with Crippen molar-refractivity contribution in [2.75, 3.05) is 25.2 Å². The van der Waals surface area contributed by atoms with Crippen LogP contribution in [-0.2, 0) is 4.74 Å². The second kappa shape index (κ2) is 7.62. The lowest BCUT2D eigenvalue weighted by Crippen LogP contribution is -2.65. The quantitative estimate of drug-likeness (QED) is 0.593. The minimum Gasteiger partial charge on any atom is -0.507 e. The molecule has 4 heterocycles. The van der Waals surface area contributed by atoms with Gasteiger partial charge >= 0.3 is 0 Å². The van der Waals surface area contributed by atoms with E-state index < -0.39 is 6.17 Å². The number of hydrogen-bond acceptors (Lipinski definition) is 8. The van der Waals surface area contributed by atoms with Gasteiger partial charge in [-0.15, -0.1) is 10.2 Å². The van der Waals surface area contributed by atoms with Crippen LogP contribution in [0.2, 0.25) is 0 Å². The first-order valence-corrected chi connectivity index (χ1v) is 9.83. The summed E-state index contributed by atoms with van der Waals surface area (Å²) in [5.41, 5.74) is 2.66. The number of aromatic amines is 1. The number of anilines is 1. The van der Waals surface area contributed by atoms with Gasteiger partial charge in [-0.3, -0.25) is 5.10 Å². The van der Waals surface area contributed by atoms with Gasteiger partial charge in [0, 0.05) is 30.4 Å². The lowest BCUT2D eigenvalue weighted by atomic mass is 9.90. The Morgan fingerprint density at radius 1 is 1.20 bits per heavy atom. The van der Waals surface area contributed by atoms with Crippen molar-refractivity contribution in [2.45, 2.75) is 30.7 Å². The van der Waals surface area contributed by atoms with Crippen molar-refractivity contribution in [3.05, 3.63) is 36.8 Å². The number of H-pyrrole nitrogens is 1. The molecule has 2 bridgehead atoms. The SMILES string of the molecule is CN(c1ncc(-c2ccc(-c3cn[nH]c3)cc2O)nn1)[C@@H]1C[C@H]2COC[C@H](N2)[C@@H]1F. The monoisotopic (exact) mass is 411 g/mol. The molecule has 0 saturated carbocycles. The Bertz CT molecular complexity index is 1010. The molecule has 2 aliphatic rings. The highest BCUT2D eigenvalue weighted by Gasteiger charge is 2.42. The average Bonchev–Trinajstić information content (AvgIpc) is 3.31. The number of phenols is 1. The Hall–Kier alpha value is -3.11. The molecule has 0 amide bonds. The van der Waals surface area contributed by atoms with Gasteiger partial charge in [-0.05, 0) is 24.1 Å². The number of ether oxygens (including phenoxy) is 1. The third-order valence-electron chi connectivity index (χ3n) is 5.81. The summed E-state index contributed by atoms with van der Waals surface area (Å²) in [6.07, 6.45) is 4.49. The summed E-state index contributed by atoms with van der Waals surface area (Å²) in [5, 5.41) is 28.8. The predicted octanol–water partition coefficient (Wildman–Crippen LogP) is 1.54. The first-order chi connectivity index (χ1) is 14.6. The van der Waals surface area contributed by atoms with Crippen LogP contribution in [0.25, 0.3) is 22.4 Å². The average molecular weight is 411 g/mol. The molecule has 2 aliphatic heterocycles. The highest BCUT2D eigenvalue weighted by atomic mass is 19.1. The Morgan fingerprint density at radius 3 is 2.83 bits per heavy atom. The van der Waals surface area contributed by atoms with Crippen LogP contribution in [0.4, 0.5) is 10.3 Å². The maximum Gasteiger partial charge on any atom is 0.245 e. The fourth-order valence-corrected chi connectivity index (χ4v) is 4.16. The molecule has 0 aliphatic carbocycles. The van der Waals surface area contributed by atoms with Crippen molar-refractivity contribution >= 4 is 5.95 Å². The molecule has 5 rings (SSSR count). The van der Waals surface area contributed by atoms with Crippen molar-refractivity contribution in [1.29, 1.82) is 0 Å². The summed E-state index contributed by atoms with van der Waals surface area (Å²) in [4.78, 5) is 6.13. The molecule has 0 radical (unpaired) electrons. The van der Waals surface area contributed by atoms with Crippen LogP contribution in [0.1, 0.15) is 6.42 Å². The summed E-state index contributed by atoms with van der Waals surface area (Å²) >= 11 is 0. The molecule has 0 unspecified atom stereocenters. The van der Waals surface area contributed by atoms with Gasteiger partial charge < -0.3 is 20.1 Å². The van der Waals surface area contributed by atoms with E-state index in [1.165, 1.54) is 0 Å². The fourth-order valence-electron chi connectivity index (χ4n) is 4.16. The van der Waals surface area contributed by atoms with Crippen LogP contribution < -0.4 is 10.2 Å². The van der Waals surface area contributed by atoms with Crippen LogP contribution >= 0.6 is 0 Å². The van der Waals surface area contributed by atoms with Crippen molar-refractivity contribution < 1.29 is 14.2 Å². The molecule has 3 N–H and O–H groups in total. The number of fused-ring (bicyclic) bond motifs is 2. The third-order valence-corrected chi connectivity index (χ3v) is 5.81. The van der Waals surface area contributed by atoms with Crippen LogP contribution in [0.15, 0.2) is 36.8 Å². The highest BCUT2D eigenvalue weighted by Crippen LogP contribution is 2.32. The number of benzene rings is 1. The van der Waals surface area contributed by atoms with Crippen LogP contribution in [-0.4, -0.2) is 75.0 Å². The van der Waals surface area contributed by atoms with Gasteiger partial charge in [0.2, 0.25) is 5.95 Å². The van der Waals surface area contributed by atoms with Crippen LogP contribution in [0.3, 0.4) is 0 Å². The molecule has 9 nitrogen and oxygen atoms in total. The largest absolute Gasteiger partial charge is 0.507 e. The zero-order valence-corrected chi connectivity index (χ0v) is 16.4. The van der Waals surface area contributed by atoms with Crippen LogP contribution in [0.5, 0.6) is 5.75 Å². The van der Waals surface area contributed by atoms with Crippen molar-refractivity contribution in [1.82, 2.24) is 30.7 Å². The molecular formula is C20H22FN7O2. The molecule has 1 aromatic carbocycles. The summed E-state index contributed by atoms with van der Waals surface area (Å²) in [5.74, 6) is 0.419. The number of aromatic nitrogens is 5. The van der Waals surface area contributed by atoms with Gasteiger partial charge in [0.15, 0.2) is 0 Å². The van der Waals surface area contributed by atoms with E-state index in [1.807, 2.05) is 6.07 Å². The molecule has 2 aromatic heterocycles. The topological polar surface area (TPSA) is 112 Å². The van der Waals surface area contributed by atoms with E-state index in [0.717, 1.165) is 11.1 Å². The first-order valence-electron chi connectivity index (χ1n) is 9.83. The number of phenolic OH excluding ortho intramolecular Hbond substituents is 1. The van der Waals surface area contributed by atoms with E-state index >= 15 is 0 Å². The summed E-state index contributed by atoms with van der Waals surface area (Å²) in [6, 6.07) is 4.74. The maximum atomic E-state index is 14.9. The van der Waals surface area contributed by atoms with E-state index in [-0.39, 0.29) is 23.9 Å². The van der Waals surface area contributed by atoms with Gasteiger partial charge in [-0.1, -0.05) is 6.07 Å². The van der Waals surface area contributed by atoms with E-state index in [0.29, 0.717) is 36.8 Å². The lowest BCUT2D eigenvalue weighted by Gasteiger charge is -2.45. The number of hydrogen-bond donors (Lipinski definition) is 3. The minimum absolute atomic E-state index is 0.0703. The van der Waals surface area contributed by atoms with E-state index in [9.17, 15) is 9.50 Å². The molecule has 4 atom stereocenters. The van der Waals surface area contributed by atoms with Gasteiger partial charge in [-0.2, -0.15) is 5.10 Å². The second-order valence-corrected chi connectivity index (χ2v) is 7.73. The number of nitrogens with one attached hydrogen (secondary N) is 2. The molecule has 10 heteroatoms. The van der Waals surface area contributed by atoms with E-state index in [1.54, 1.807) is 42.7 Å². The van der Waals surface area contributed by atoms with E-state index in [2.05, 4.69) is 30.7 Å². The number of halogens is 1. The fraction of sp³-hybridized carbons (Fsp3) is 0.400. The normalized spacial score (nSPS) is 25.8. The zero-order valence-electron chi connectivity index (χ0n) is 16.4. The molecule has 2 saturated heterocycles. The zero-order chi connectivity index (χ0) is 20.7. The number of rotatable bonds is 4. The summed E-state index contributed by atoms with van der Waals surface area (Å²) in [6.45, 7) is 0.952. The maximum absolute atomic E-state index is 14.9. The minimum atomic E-state index is -1.09. The van der Waals surface area contributed by atoms with Crippen molar-refractivity contribution in [3.63, 3.8) is 0 Å². The molecule has 0 spiro atoms. The van der Waals surface area contributed by atoms with E-state index in [4.69, 9.17) is 4.74 Å². The highest BCUT2D eigenvalue weighted by molar-refractivity contribution is 5.73. The van der Waals surface area contributed by atoms with Crippen molar-refractivity contribution in [3.8, 4) is 28.1 Å². The molecular weight excluding hydrogens is 389 g/mol. The summed E-state index contributed by atoms with van der Waals surface area (Å²) in [7, 11) is 1.78. The Balaban J connectivity index is 1.35. The standard InChI is InChI=1S/C20H22FN7O2/c1-28(17-5-13-9-30-10-16(25-13)19(17)21)20-22-8-15(26-27-20)14-3-2-11(4-18(14)29)12-6-23-24-7-12/h2-4,6-8,13,16-17,19,25,29H,5,9-10H2,1H3,(H,23,24)/t13-,16-,17+,19-/m0/s1. The number of nitrogens with zero attached hydrogens (tertiary/aromatic N) is 5. The predicted molar refractivity (Wildman–Crippen MR) is 108 cm³/mol. The van der Waals surface area contributed by atoms with Gasteiger partial charge in [-0.25, -0.2) is 9.37 Å². The smallest absolute Gasteiger partial charge is 0.245 e. The number of aromatic hydroxyl groups is 1. The number of alkyl halides is 1. The molecule has 2 fully saturated rings. The molecule has 30 heavy (non-hydrogen) atoms. The lowest BCUT2D eigenvalue weighted by molar-refractivity contribution is -0.0176. The van der Waals surface area contributed by atoms with Crippen molar-refractivity contribution in [2.24, 2.45) is 0 Å². The van der Waals surface area contributed by atoms with Gasteiger partial charge in [0.1, 0.15) is 17.6 Å². The number of piperidine rings is 1. The number of morpholine rings is 1. The van der Waals surface area contributed by atoms with Gasteiger partial charge in [0.05, 0.1) is 37.7 Å².